The maximum absolute atomic E-state index is 11.7. The molecule has 0 aliphatic rings. The highest BCUT2D eigenvalue weighted by molar-refractivity contribution is 7.89. The van der Waals surface area contributed by atoms with Gasteiger partial charge in [-0.25, -0.2) is 13.1 Å². The minimum atomic E-state index is -3.18. The molecule has 0 amide bonds. The highest BCUT2D eigenvalue weighted by Crippen LogP contribution is 2.06. The molecule has 2 N–H and O–H groups in total. The Morgan fingerprint density at radius 3 is 2.33 bits per heavy atom. The Kier molecular flexibility index (Phi) is 8.02. The number of methoxy groups -OCH3 is 1. The van der Waals surface area contributed by atoms with Crippen LogP contribution in [-0.2, 0) is 14.8 Å². The molecule has 0 saturated heterocycles. The zero-order valence-electron chi connectivity index (χ0n) is 12.2. The van der Waals surface area contributed by atoms with Crippen LogP contribution in [0, 0.1) is 0 Å². The fraction of sp³-hybridized carbons (Fsp3) is 1.00. The van der Waals surface area contributed by atoms with Crippen molar-refractivity contribution in [3.05, 3.63) is 0 Å². The maximum Gasteiger partial charge on any atom is 0.211 e. The summed E-state index contributed by atoms with van der Waals surface area (Å²) >= 11 is 0. The topological polar surface area (TPSA) is 67.4 Å². The lowest BCUT2D eigenvalue weighted by Crippen LogP contribution is -2.40. The molecule has 110 valence electrons. The summed E-state index contributed by atoms with van der Waals surface area (Å²) in [6.45, 7) is 9.01. The van der Waals surface area contributed by atoms with Crippen LogP contribution in [-0.4, -0.2) is 46.0 Å². The van der Waals surface area contributed by atoms with E-state index in [-0.39, 0.29) is 5.75 Å². The Balaban J connectivity index is 3.81. The number of rotatable bonds is 10. The van der Waals surface area contributed by atoms with Crippen LogP contribution >= 0.6 is 0 Å². The van der Waals surface area contributed by atoms with Gasteiger partial charge in [0.1, 0.15) is 0 Å². The van der Waals surface area contributed by atoms with Crippen molar-refractivity contribution in [3.63, 3.8) is 0 Å². The third-order valence-electron chi connectivity index (χ3n) is 2.66. The molecule has 0 bridgehead atoms. The normalized spacial score (nSPS) is 13.2. The molecule has 0 heterocycles. The second-order valence-corrected chi connectivity index (χ2v) is 7.35. The van der Waals surface area contributed by atoms with Crippen LogP contribution in [0.2, 0.25) is 0 Å². The van der Waals surface area contributed by atoms with Crippen LogP contribution in [0.1, 0.15) is 40.5 Å². The van der Waals surface area contributed by atoms with E-state index >= 15 is 0 Å². The third kappa shape index (κ3) is 9.82. The molecule has 0 unspecified atom stereocenters. The summed E-state index contributed by atoms with van der Waals surface area (Å²) in [6.07, 6.45) is 1.54. The average Bonchev–Trinajstić information content (AvgIpc) is 2.26. The molecule has 0 aromatic heterocycles. The van der Waals surface area contributed by atoms with Crippen LogP contribution < -0.4 is 10.0 Å². The van der Waals surface area contributed by atoms with Gasteiger partial charge in [0.15, 0.2) is 0 Å². The molecule has 5 nitrogen and oxygen atoms in total. The number of sulfonamides is 1. The van der Waals surface area contributed by atoms with Gasteiger partial charge in [-0.15, -0.1) is 0 Å². The fourth-order valence-electron chi connectivity index (χ4n) is 1.24. The van der Waals surface area contributed by atoms with E-state index in [9.17, 15) is 8.42 Å². The van der Waals surface area contributed by atoms with Crippen molar-refractivity contribution in [2.75, 3.05) is 26.0 Å². The van der Waals surface area contributed by atoms with E-state index in [4.69, 9.17) is 4.74 Å². The molecule has 0 aromatic carbocycles. The molecule has 0 radical (unpaired) electrons. The Morgan fingerprint density at radius 1 is 1.22 bits per heavy atom. The number of hydrogen-bond donors (Lipinski definition) is 2. The standard InChI is InChI=1S/C12H28N2O3S/c1-11(2)13-8-6-7-9-18(15,16)14-10-12(3,4)17-5/h11,13-14H,6-10H2,1-5H3. The molecule has 0 fully saturated rings. The maximum atomic E-state index is 11.7. The molecule has 18 heavy (non-hydrogen) atoms. The van der Waals surface area contributed by atoms with Gasteiger partial charge in [-0.05, 0) is 33.2 Å². The second kappa shape index (κ2) is 8.09. The van der Waals surface area contributed by atoms with E-state index in [0.717, 1.165) is 13.0 Å². The summed E-state index contributed by atoms with van der Waals surface area (Å²) in [5, 5.41) is 3.26. The average molecular weight is 280 g/mol. The predicted molar refractivity (Wildman–Crippen MR) is 75.3 cm³/mol. The van der Waals surface area contributed by atoms with Crippen molar-refractivity contribution in [2.45, 2.75) is 52.2 Å². The van der Waals surface area contributed by atoms with E-state index in [1.165, 1.54) is 0 Å². The lowest BCUT2D eigenvalue weighted by molar-refractivity contribution is 0.0276. The number of unbranched alkanes of at least 4 members (excludes halogenated alkanes) is 1. The summed E-state index contributed by atoms with van der Waals surface area (Å²) in [6, 6.07) is 0.447. The number of ether oxygens (including phenoxy) is 1. The van der Waals surface area contributed by atoms with Gasteiger partial charge in [0.2, 0.25) is 10.0 Å². The number of nitrogens with one attached hydrogen (secondary N) is 2. The molecule has 0 aliphatic carbocycles. The zero-order valence-corrected chi connectivity index (χ0v) is 13.1. The Labute approximate surface area is 112 Å². The van der Waals surface area contributed by atoms with Crippen LogP contribution in [0.5, 0.6) is 0 Å². The summed E-state index contributed by atoms with van der Waals surface area (Å²) in [5.74, 6) is 0.173. The van der Waals surface area contributed by atoms with Crippen LogP contribution in [0.3, 0.4) is 0 Å². The monoisotopic (exact) mass is 280 g/mol. The molecule has 0 aromatic rings. The summed E-state index contributed by atoms with van der Waals surface area (Å²) in [4.78, 5) is 0. The Bertz CT molecular complexity index is 313. The first-order valence-corrected chi connectivity index (χ1v) is 8.09. The summed E-state index contributed by atoms with van der Waals surface area (Å²) in [5.41, 5.74) is -0.466. The summed E-state index contributed by atoms with van der Waals surface area (Å²) < 4.78 is 31.1. The highest BCUT2D eigenvalue weighted by atomic mass is 32.2. The molecular formula is C12H28N2O3S. The van der Waals surface area contributed by atoms with E-state index < -0.39 is 15.6 Å². The summed E-state index contributed by atoms with van der Waals surface area (Å²) in [7, 11) is -1.61. The molecule has 6 heteroatoms. The van der Waals surface area contributed by atoms with Crippen molar-refractivity contribution in [1.82, 2.24) is 10.0 Å². The van der Waals surface area contributed by atoms with E-state index in [2.05, 4.69) is 23.9 Å². The lowest BCUT2D eigenvalue weighted by atomic mass is 10.1. The van der Waals surface area contributed by atoms with Gasteiger partial charge < -0.3 is 10.1 Å². The van der Waals surface area contributed by atoms with Gasteiger partial charge in [-0.3, -0.25) is 0 Å². The predicted octanol–water partition coefficient (Wildman–Crippen LogP) is 1.11. The van der Waals surface area contributed by atoms with Gasteiger partial charge in [0.25, 0.3) is 0 Å². The van der Waals surface area contributed by atoms with E-state index in [1.54, 1.807) is 7.11 Å². The first-order valence-electron chi connectivity index (χ1n) is 6.44. The van der Waals surface area contributed by atoms with Crippen LogP contribution in [0.25, 0.3) is 0 Å². The van der Waals surface area contributed by atoms with Gasteiger partial charge in [0, 0.05) is 19.7 Å². The van der Waals surface area contributed by atoms with Crippen molar-refractivity contribution >= 4 is 10.0 Å². The first-order chi connectivity index (χ1) is 8.18. The minimum Gasteiger partial charge on any atom is -0.377 e. The molecular weight excluding hydrogens is 252 g/mol. The lowest BCUT2D eigenvalue weighted by Gasteiger charge is -2.23. The van der Waals surface area contributed by atoms with Crippen molar-refractivity contribution in [1.29, 1.82) is 0 Å². The van der Waals surface area contributed by atoms with Crippen molar-refractivity contribution in [2.24, 2.45) is 0 Å². The molecule has 0 saturated carbocycles. The smallest absolute Gasteiger partial charge is 0.211 e. The SMILES string of the molecule is COC(C)(C)CNS(=O)(=O)CCCCNC(C)C. The van der Waals surface area contributed by atoms with Crippen LogP contribution in [0.4, 0.5) is 0 Å². The van der Waals surface area contributed by atoms with Gasteiger partial charge >= 0.3 is 0 Å². The third-order valence-corrected chi connectivity index (χ3v) is 4.07. The Hall–Kier alpha value is -0.170. The van der Waals surface area contributed by atoms with Gasteiger partial charge in [0.05, 0.1) is 11.4 Å². The highest BCUT2D eigenvalue weighted by Gasteiger charge is 2.19. The van der Waals surface area contributed by atoms with Crippen LogP contribution in [0.15, 0.2) is 0 Å². The first kappa shape index (κ1) is 17.8. The molecule has 0 spiro atoms. The second-order valence-electron chi connectivity index (χ2n) is 5.42. The fourth-order valence-corrected chi connectivity index (χ4v) is 2.53. The quantitative estimate of drug-likeness (QED) is 0.588. The molecule has 0 rings (SSSR count). The van der Waals surface area contributed by atoms with Gasteiger partial charge in [-0.2, -0.15) is 0 Å². The molecule has 0 atom stereocenters. The minimum absolute atomic E-state index is 0.173. The Morgan fingerprint density at radius 2 is 1.83 bits per heavy atom. The number of hydrogen-bond acceptors (Lipinski definition) is 4. The van der Waals surface area contributed by atoms with Gasteiger partial charge in [-0.1, -0.05) is 13.8 Å². The van der Waals surface area contributed by atoms with E-state index in [1.807, 2.05) is 13.8 Å². The molecule has 0 aliphatic heterocycles. The van der Waals surface area contributed by atoms with E-state index in [0.29, 0.717) is 19.0 Å². The van der Waals surface area contributed by atoms with Crippen molar-refractivity contribution in [3.8, 4) is 0 Å². The van der Waals surface area contributed by atoms with Crippen molar-refractivity contribution < 1.29 is 13.2 Å². The zero-order chi connectivity index (χ0) is 14.2. The largest absolute Gasteiger partial charge is 0.377 e.